The zero-order valence-electron chi connectivity index (χ0n) is 11.6. The minimum Gasteiger partial charge on any atom is -0.378 e. The van der Waals surface area contributed by atoms with Gasteiger partial charge in [0.05, 0.1) is 6.10 Å². The van der Waals surface area contributed by atoms with E-state index in [0.29, 0.717) is 6.10 Å². The Labute approximate surface area is 116 Å². The first-order valence-electron chi connectivity index (χ1n) is 7.48. The van der Waals surface area contributed by atoms with E-state index in [9.17, 15) is 0 Å². The Hall–Kier alpha value is 0.230. The summed E-state index contributed by atoms with van der Waals surface area (Å²) in [5, 5.41) is 0.813. The average Bonchev–Trinajstić information content (AvgIpc) is 2.41. The van der Waals surface area contributed by atoms with Crippen LogP contribution < -0.4 is 5.73 Å². The van der Waals surface area contributed by atoms with Crippen LogP contribution in [-0.4, -0.2) is 54.3 Å². The predicted molar refractivity (Wildman–Crippen MR) is 79.2 cm³/mol. The van der Waals surface area contributed by atoms with Gasteiger partial charge >= 0.3 is 0 Å². The highest BCUT2D eigenvalue weighted by Gasteiger charge is 2.30. The molecule has 0 aromatic heterocycles. The average molecular weight is 272 g/mol. The highest BCUT2D eigenvalue weighted by atomic mass is 32.2. The Morgan fingerprint density at radius 1 is 1.28 bits per heavy atom. The molecule has 0 radical (unpaired) electrons. The van der Waals surface area contributed by atoms with E-state index < -0.39 is 0 Å². The van der Waals surface area contributed by atoms with Gasteiger partial charge < -0.3 is 10.5 Å². The quantitative estimate of drug-likeness (QED) is 0.778. The van der Waals surface area contributed by atoms with Gasteiger partial charge in [0.15, 0.2) is 0 Å². The predicted octanol–water partition coefficient (Wildman–Crippen LogP) is 2.10. The molecule has 0 aromatic rings. The van der Waals surface area contributed by atoms with Crippen molar-refractivity contribution in [2.75, 3.05) is 32.0 Å². The molecule has 106 valence electrons. The van der Waals surface area contributed by atoms with Gasteiger partial charge in [-0.25, -0.2) is 0 Å². The Bertz CT molecular complexity index is 232. The number of nitrogens with two attached hydrogens (primary N) is 1. The van der Waals surface area contributed by atoms with Gasteiger partial charge in [-0.05, 0) is 44.4 Å². The fraction of sp³-hybridized carbons (Fsp3) is 1.00. The zero-order chi connectivity index (χ0) is 12.8. The van der Waals surface area contributed by atoms with E-state index in [0.717, 1.165) is 30.9 Å². The van der Waals surface area contributed by atoms with Crippen molar-refractivity contribution in [1.82, 2.24) is 4.90 Å². The summed E-state index contributed by atoms with van der Waals surface area (Å²) < 4.78 is 5.87. The van der Waals surface area contributed by atoms with Crippen LogP contribution in [0, 0.1) is 0 Å². The maximum absolute atomic E-state index is 5.87. The van der Waals surface area contributed by atoms with Crippen LogP contribution in [0.3, 0.4) is 0 Å². The smallest absolute Gasteiger partial charge is 0.0599 e. The topological polar surface area (TPSA) is 38.5 Å². The molecule has 2 heterocycles. The third-order valence-corrected chi connectivity index (χ3v) is 5.58. The molecule has 2 rings (SSSR count). The maximum atomic E-state index is 5.87. The van der Waals surface area contributed by atoms with E-state index in [1.165, 1.54) is 44.5 Å². The second-order valence-corrected chi connectivity index (χ2v) is 7.02. The van der Waals surface area contributed by atoms with E-state index in [1.807, 2.05) is 0 Å². The number of thioether (sulfide) groups is 1. The number of likely N-dealkylation sites (tertiary alicyclic amines) is 1. The number of hydrogen-bond donors (Lipinski definition) is 1. The van der Waals surface area contributed by atoms with Crippen molar-refractivity contribution in [2.45, 2.75) is 56.4 Å². The lowest BCUT2D eigenvalue weighted by Gasteiger charge is -2.42. The summed E-state index contributed by atoms with van der Waals surface area (Å²) in [6, 6.07) is 0.814. The van der Waals surface area contributed by atoms with Gasteiger partial charge in [-0.15, -0.1) is 0 Å². The fourth-order valence-electron chi connectivity index (χ4n) is 3.09. The van der Waals surface area contributed by atoms with Crippen molar-refractivity contribution in [3.63, 3.8) is 0 Å². The lowest BCUT2D eigenvalue weighted by Crippen LogP contribution is -2.48. The van der Waals surface area contributed by atoms with Crippen LogP contribution in [0.2, 0.25) is 0 Å². The molecule has 0 saturated carbocycles. The van der Waals surface area contributed by atoms with E-state index in [-0.39, 0.29) is 0 Å². The van der Waals surface area contributed by atoms with Gasteiger partial charge in [0.2, 0.25) is 0 Å². The molecule has 0 aromatic carbocycles. The molecule has 2 aliphatic rings. The lowest BCUT2D eigenvalue weighted by molar-refractivity contribution is -0.00324. The molecule has 2 aliphatic heterocycles. The molecule has 3 nitrogen and oxygen atoms in total. The van der Waals surface area contributed by atoms with Crippen molar-refractivity contribution in [3.8, 4) is 0 Å². The molecule has 2 fully saturated rings. The highest BCUT2D eigenvalue weighted by molar-refractivity contribution is 7.99. The van der Waals surface area contributed by atoms with E-state index in [1.54, 1.807) is 0 Å². The second-order valence-electron chi connectivity index (χ2n) is 5.53. The van der Waals surface area contributed by atoms with Crippen molar-refractivity contribution in [3.05, 3.63) is 0 Å². The number of rotatable bonds is 5. The van der Waals surface area contributed by atoms with Gasteiger partial charge in [-0.3, -0.25) is 4.90 Å². The first kappa shape index (κ1) is 14.6. The third-order valence-electron chi connectivity index (χ3n) is 4.21. The molecular weight excluding hydrogens is 244 g/mol. The zero-order valence-corrected chi connectivity index (χ0v) is 12.5. The number of nitrogens with zero attached hydrogens (tertiary/aromatic N) is 1. The SMILES string of the molecule is CC1SCCCC1N1CCC(OCCCN)CC1. The minimum atomic E-state index is 0.486. The Balaban J connectivity index is 1.69. The number of piperidine rings is 1. The van der Waals surface area contributed by atoms with Gasteiger partial charge in [-0.1, -0.05) is 6.92 Å². The van der Waals surface area contributed by atoms with E-state index in [2.05, 4.69) is 23.6 Å². The van der Waals surface area contributed by atoms with Crippen LogP contribution >= 0.6 is 11.8 Å². The molecular formula is C14H28N2OS. The molecule has 4 heteroatoms. The number of ether oxygens (including phenoxy) is 1. The number of hydrogen-bond acceptors (Lipinski definition) is 4. The maximum Gasteiger partial charge on any atom is 0.0599 e. The van der Waals surface area contributed by atoms with Crippen LogP contribution in [0.15, 0.2) is 0 Å². The largest absolute Gasteiger partial charge is 0.378 e. The van der Waals surface area contributed by atoms with Crippen molar-refractivity contribution in [2.24, 2.45) is 5.73 Å². The normalized spacial score (nSPS) is 31.7. The standard InChI is InChI=1S/C14H28N2OS/c1-12-14(4-2-11-18-12)16-8-5-13(6-9-16)17-10-3-7-15/h12-14H,2-11,15H2,1H3. The summed E-state index contributed by atoms with van der Waals surface area (Å²) >= 11 is 2.15. The summed E-state index contributed by atoms with van der Waals surface area (Å²) in [4.78, 5) is 2.71. The van der Waals surface area contributed by atoms with Gasteiger partial charge in [0, 0.05) is 31.0 Å². The molecule has 0 amide bonds. The van der Waals surface area contributed by atoms with Gasteiger partial charge in [0.1, 0.15) is 0 Å². The summed E-state index contributed by atoms with van der Waals surface area (Å²) in [6.45, 7) is 6.44. The Morgan fingerprint density at radius 3 is 2.72 bits per heavy atom. The molecule has 2 N–H and O–H groups in total. The van der Waals surface area contributed by atoms with Gasteiger partial charge in [-0.2, -0.15) is 11.8 Å². The summed E-state index contributed by atoms with van der Waals surface area (Å²) in [6.07, 6.45) is 6.69. The molecule has 0 bridgehead atoms. The molecule has 2 atom stereocenters. The van der Waals surface area contributed by atoms with Crippen LogP contribution in [0.25, 0.3) is 0 Å². The van der Waals surface area contributed by atoms with Crippen molar-refractivity contribution < 1.29 is 4.74 Å². The Morgan fingerprint density at radius 2 is 2.06 bits per heavy atom. The first-order valence-corrected chi connectivity index (χ1v) is 8.53. The Kier molecular flexibility index (Phi) is 6.29. The van der Waals surface area contributed by atoms with Crippen LogP contribution in [0.1, 0.15) is 39.0 Å². The third kappa shape index (κ3) is 4.12. The molecule has 2 unspecified atom stereocenters. The summed E-state index contributed by atoms with van der Waals surface area (Å²) in [5.41, 5.74) is 5.49. The van der Waals surface area contributed by atoms with Gasteiger partial charge in [0.25, 0.3) is 0 Å². The summed E-state index contributed by atoms with van der Waals surface area (Å²) in [7, 11) is 0. The highest BCUT2D eigenvalue weighted by Crippen LogP contribution is 2.30. The lowest BCUT2D eigenvalue weighted by atomic mass is 10.0. The van der Waals surface area contributed by atoms with Crippen LogP contribution in [-0.2, 0) is 4.74 Å². The summed E-state index contributed by atoms with van der Waals surface area (Å²) in [5.74, 6) is 1.36. The van der Waals surface area contributed by atoms with Crippen LogP contribution in [0.4, 0.5) is 0 Å². The molecule has 0 spiro atoms. The van der Waals surface area contributed by atoms with E-state index >= 15 is 0 Å². The minimum absolute atomic E-state index is 0.486. The molecule has 0 aliphatic carbocycles. The van der Waals surface area contributed by atoms with Crippen LogP contribution in [0.5, 0.6) is 0 Å². The molecule has 18 heavy (non-hydrogen) atoms. The monoisotopic (exact) mass is 272 g/mol. The molecule has 2 saturated heterocycles. The van der Waals surface area contributed by atoms with E-state index in [4.69, 9.17) is 10.5 Å². The first-order chi connectivity index (χ1) is 8.81. The van der Waals surface area contributed by atoms with Crippen molar-refractivity contribution in [1.29, 1.82) is 0 Å². The van der Waals surface area contributed by atoms with Crippen molar-refractivity contribution >= 4 is 11.8 Å². The fourth-order valence-corrected chi connectivity index (χ4v) is 4.33. The second kappa shape index (κ2) is 7.73.